The third-order valence-electron chi connectivity index (χ3n) is 3.42. The molecule has 21 heavy (non-hydrogen) atoms. The van der Waals surface area contributed by atoms with E-state index in [4.69, 9.17) is 0 Å². The van der Waals surface area contributed by atoms with Crippen molar-refractivity contribution >= 4 is 22.4 Å². The van der Waals surface area contributed by atoms with E-state index in [1.54, 1.807) is 4.57 Å². The molecule has 0 aliphatic carbocycles. The van der Waals surface area contributed by atoms with E-state index in [2.05, 4.69) is 10.3 Å². The minimum absolute atomic E-state index is 0.0747. The second kappa shape index (κ2) is 4.81. The third-order valence-corrected chi connectivity index (χ3v) is 3.42. The summed E-state index contributed by atoms with van der Waals surface area (Å²) in [6.45, 7) is 6.08. The van der Waals surface area contributed by atoms with Crippen molar-refractivity contribution < 1.29 is 0 Å². The molecular weight excluding hydrogens is 262 g/mol. The van der Waals surface area contributed by atoms with E-state index >= 15 is 0 Å². The summed E-state index contributed by atoms with van der Waals surface area (Å²) in [6.07, 6.45) is 0. The standard InChI is InChI=1S/C17H19N3O/c1-17(2,3)20-15-11-13(9-10-14(15)19-16(20)21)18-12-7-5-4-6-8-12/h4-11,18H,1-3H3,(H,19,21). The summed E-state index contributed by atoms with van der Waals surface area (Å²) in [5.74, 6) is 0. The van der Waals surface area contributed by atoms with Crippen LogP contribution in [0.25, 0.3) is 11.0 Å². The van der Waals surface area contributed by atoms with Crippen molar-refractivity contribution in [3.05, 3.63) is 59.0 Å². The Balaban J connectivity index is 2.09. The molecule has 4 heteroatoms. The van der Waals surface area contributed by atoms with Gasteiger partial charge in [-0.05, 0) is 51.1 Å². The number of nitrogens with one attached hydrogen (secondary N) is 2. The zero-order chi connectivity index (χ0) is 15.0. The smallest absolute Gasteiger partial charge is 0.326 e. The molecule has 4 nitrogen and oxygen atoms in total. The van der Waals surface area contributed by atoms with Gasteiger partial charge in [-0.1, -0.05) is 18.2 Å². The van der Waals surface area contributed by atoms with Crippen molar-refractivity contribution in [3.8, 4) is 0 Å². The lowest BCUT2D eigenvalue weighted by Crippen LogP contribution is -2.31. The van der Waals surface area contributed by atoms with Crippen LogP contribution in [0.1, 0.15) is 20.8 Å². The van der Waals surface area contributed by atoms with Gasteiger partial charge >= 0.3 is 5.69 Å². The highest BCUT2D eigenvalue weighted by Crippen LogP contribution is 2.24. The average Bonchev–Trinajstić information content (AvgIpc) is 2.75. The van der Waals surface area contributed by atoms with Crippen LogP contribution in [0.4, 0.5) is 11.4 Å². The summed E-state index contributed by atoms with van der Waals surface area (Å²) < 4.78 is 1.79. The fraction of sp³-hybridized carbons (Fsp3) is 0.235. The van der Waals surface area contributed by atoms with E-state index in [1.165, 1.54) is 0 Å². The monoisotopic (exact) mass is 281 g/mol. The molecule has 0 unspecified atom stereocenters. The van der Waals surface area contributed by atoms with Crippen LogP contribution in [-0.4, -0.2) is 9.55 Å². The Hall–Kier alpha value is -2.49. The predicted molar refractivity (Wildman–Crippen MR) is 87.3 cm³/mol. The summed E-state index contributed by atoms with van der Waals surface area (Å²) in [6, 6.07) is 15.9. The molecule has 1 aromatic heterocycles. The molecule has 0 saturated carbocycles. The van der Waals surface area contributed by atoms with Gasteiger partial charge in [-0.3, -0.25) is 4.57 Å². The summed E-state index contributed by atoms with van der Waals surface area (Å²) in [5, 5.41) is 3.35. The molecule has 2 N–H and O–H groups in total. The Morgan fingerprint density at radius 3 is 2.38 bits per heavy atom. The van der Waals surface area contributed by atoms with E-state index in [9.17, 15) is 4.79 Å². The van der Waals surface area contributed by atoms with Gasteiger partial charge in [0.2, 0.25) is 0 Å². The first-order valence-electron chi connectivity index (χ1n) is 7.02. The number of aromatic amines is 1. The van der Waals surface area contributed by atoms with Crippen LogP contribution >= 0.6 is 0 Å². The van der Waals surface area contributed by atoms with Crippen LogP contribution in [0.15, 0.2) is 53.3 Å². The number of para-hydroxylation sites is 1. The topological polar surface area (TPSA) is 49.8 Å². The Morgan fingerprint density at radius 1 is 1.00 bits per heavy atom. The van der Waals surface area contributed by atoms with Gasteiger partial charge in [0.05, 0.1) is 11.0 Å². The lowest BCUT2D eigenvalue weighted by Gasteiger charge is -2.20. The molecule has 0 aliphatic heterocycles. The zero-order valence-electron chi connectivity index (χ0n) is 12.5. The van der Waals surface area contributed by atoms with Crippen LogP contribution in [-0.2, 0) is 5.54 Å². The molecule has 0 spiro atoms. The molecule has 0 atom stereocenters. The fourth-order valence-corrected chi connectivity index (χ4v) is 2.53. The summed E-state index contributed by atoms with van der Waals surface area (Å²) in [5.41, 5.74) is 3.42. The normalized spacial score (nSPS) is 11.8. The number of hydrogen-bond acceptors (Lipinski definition) is 2. The van der Waals surface area contributed by atoms with Crippen molar-refractivity contribution in [2.24, 2.45) is 0 Å². The number of aromatic nitrogens is 2. The van der Waals surface area contributed by atoms with Crippen LogP contribution in [0.5, 0.6) is 0 Å². The Labute approximate surface area is 123 Å². The number of benzene rings is 2. The summed E-state index contributed by atoms with van der Waals surface area (Å²) >= 11 is 0. The lowest BCUT2D eigenvalue weighted by atomic mass is 10.1. The first-order chi connectivity index (χ1) is 9.95. The number of fused-ring (bicyclic) bond motifs is 1. The van der Waals surface area contributed by atoms with Gasteiger partial charge in [-0.25, -0.2) is 4.79 Å². The number of nitrogens with zero attached hydrogens (tertiary/aromatic N) is 1. The Kier molecular flexibility index (Phi) is 3.09. The van der Waals surface area contributed by atoms with E-state index in [0.717, 1.165) is 22.4 Å². The van der Waals surface area contributed by atoms with E-state index in [1.807, 2.05) is 69.3 Å². The quantitative estimate of drug-likeness (QED) is 0.750. The Morgan fingerprint density at radius 2 is 1.71 bits per heavy atom. The maximum atomic E-state index is 12.1. The van der Waals surface area contributed by atoms with Gasteiger partial charge in [0.1, 0.15) is 0 Å². The first-order valence-corrected chi connectivity index (χ1v) is 7.02. The van der Waals surface area contributed by atoms with Crippen molar-refractivity contribution in [2.45, 2.75) is 26.3 Å². The second-order valence-corrected chi connectivity index (χ2v) is 6.16. The van der Waals surface area contributed by atoms with Crippen molar-refractivity contribution in [3.63, 3.8) is 0 Å². The number of anilines is 2. The molecule has 0 bridgehead atoms. The van der Waals surface area contributed by atoms with Crippen LogP contribution in [0, 0.1) is 0 Å². The van der Waals surface area contributed by atoms with Gasteiger partial charge in [0.15, 0.2) is 0 Å². The highest BCUT2D eigenvalue weighted by molar-refractivity contribution is 5.81. The zero-order valence-corrected chi connectivity index (χ0v) is 12.5. The number of hydrogen-bond donors (Lipinski definition) is 2. The molecule has 0 saturated heterocycles. The van der Waals surface area contributed by atoms with E-state index in [-0.39, 0.29) is 11.2 Å². The van der Waals surface area contributed by atoms with Gasteiger partial charge in [0.25, 0.3) is 0 Å². The van der Waals surface area contributed by atoms with Gasteiger partial charge in [0, 0.05) is 16.9 Å². The maximum absolute atomic E-state index is 12.1. The minimum Gasteiger partial charge on any atom is -0.355 e. The second-order valence-electron chi connectivity index (χ2n) is 6.16. The van der Waals surface area contributed by atoms with Gasteiger partial charge in [-0.2, -0.15) is 0 Å². The number of rotatable bonds is 2. The largest absolute Gasteiger partial charge is 0.355 e. The van der Waals surface area contributed by atoms with Gasteiger partial charge < -0.3 is 10.3 Å². The lowest BCUT2D eigenvalue weighted by molar-refractivity contribution is 0.397. The van der Waals surface area contributed by atoms with Crippen LogP contribution < -0.4 is 11.0 Å². The molecule has 3 rings (SSSR count). The van der Waals surface area contributed by atoms with Crippen molar-refractivity contribution in [2.75, 3.05) is 5.32 Å². The van der Waals surface area contributed by atoms with E-state index in [0.29, 0.717) is 0 Å². The Bertz CT molecular complexity index is 823. The van der Waals surface area contributed by atoms with Crippen LogP contribution in [0.2, 0.25) is 0 Å². The summed E-state index contributed by atoms with van der Waals surface area (Å²) in [4.78, 5) is 15.0. The highest BCUT2D eigenvalue weighted by atomic mass is 16.1. The maximum Gasteiger partial charge on any atom is 0.326 e. The molecule has 1 heterocycles. The molecule has 0 radical (unpaired) electrons. The molecule has 0 amide bonds. The molecule has 0 aliphatic rings. The molecule has 108 valence electrons. The number of H-pyrrole nitrogens is 1. The van der Waals surface area contributed by atoms with Crippen LogP contribution in [0.3, 0.4) is 0 Å². The SMILES string of the molecule is CC(C)(C)n1c(=O)[nH]c2ccc(Nc3ccccc3)cc21. The molecule has 2 aromatic carbocycles. The third kappa shape index (κ3) is 2.57. The van der Waals surface area contributed by atoms with Gasteiger partial charge in [-0.15, -0.1) is 0 Å². The van der Waals surface area contributed by atoms with E-state index < -0.39 is 0 Å². The fourth-order valence-electron chi connectivity index (χ4n) is 2.53. The van der Waals surface area contributed by atoms with Crippen molar-refractivity contribution in [1.82, 2.24) is 9.55 Å². The number of imidazole rings is 1. The van der Waals surface area contributed by atoms with Crippen molar-refractivity contribution in [1.29, 1.82) is 0 Å². The average molecular weight is 281 g/mol. The predicted octanol–water partition coefficient (Wildman–Crippen LogP) is 3.83. The first kappa shape index (κ1) is 13.5. The highest BCUT2D eigenvalue weighted by Gasteiger charge is 2.19. The minimum atomic E-state index is -0.263. The summed E-state index contributed by atoms with van der Waals surface area (Å²) in [7, 11) is 0. The molecule has 0 fully saturated rings. The molecular formula is C17H19N3O. The molecule has 3 aromatic rings.